The molecule has 0 amide bonds. The number of benzene rings is 13. The van der Waals surface area contributed by atoms with Gasteiger partial charge in [0.25, 0.3) is 0 Å². The molecule has 0 unspecified atom stereocenters. The predicted octanol–water partition coefficient (Wildman–Crippen LogP) is 22.1. The van der Waals surface area contributed by atoms with Crippen LogP contribution in [0.25, 0.3) is 161 Å². The van der Waals surface area contributed by atoms with Crippen LogP contribution >= 0.6 is 0 Å². The zero-order valence-electron chi connectivity index (χ0n) is 51.9. The van der Waals surface area contributed by atoms with Crippen LogP contribution in [0.5, 0.6) is 0 Å². The van der Waals surface area contributed by atoms with E-state index < -0.39 is 0 Å². The van der Waals surface area contributed by atoms with Crippen molar-refractivity contribution in [3.63, 3.8) is 0 Å². The molecule has 2 aliphatic carbocycles. The van der Waals surface area contributed by atoms with Gasteiger partial charge >= 0.3 is 0 Å². The van der Waals surface area contributed by atoms with Crippen molar-refractivity contribution < 1.29 is 0 Å². The molecule has 13 aromatic carbocycles. The molecule has 0 fully saturated rings. The Bertz CT molecular complexity index is 5920. The molecule has 0 aliphatic heterocycles. The second-order valence-corrected chi connectivity index (χ2v) is 26.4. The van der Waals surface area contributed by atoms with E-state index in [1.54, 1.807) is 0 Å². The maximum atomic E-state index is 5.04. The number of rotatable bonds is 8. The van der Waals surface area contributed by atoms with Crippen molar-refractivity contribution in [3.05, 3.63) is 313 Å². The molecule has 438 valence electrons. The lowest BCUT2D eigenvalue weighted by Gasteiger charge is -2.22. The average molecular weight is 1190 g/mol. The van der Waals surface area contributed by atoms with E-state index >= 15 is 0 Å². The van der Waals surface area contributed by atoms with Gasteiger partial charge in [0.05, 0.1) is 33.1 Å². The largest absolute Gasteiger partial charge is 0.309 e. The fraction of sp³-hybridized carbons (Fsp3) is 0.0690. The molecular weight excluding hydrogens is 1130 g/mol. The molecule has 0 saturated heterocycles. The summed E-state index contributed by atoms with van der Waals surface area (Å²) in [6.45, 7) is 9.48. The van der Waals surface area contributed by atoms with Gasteiger partial charge in [-0.25, -0.2) is 15.0 Å². The van der Waals surface area contributed by atoms with E-state index in [0.717, 1.165) is 50.2 Å². The lowest BCUT2D eigenvalue weighted by molar-refractivity contribution is 0.660. The van der Waals surface area contributed by atoms with Gasteiger partial charge < -0.3 is 13.7 Å². The second-order valence-electron chi connectivity index (χ2n) is 26.4. The van der Waals surface area contributed by atoms with Crippen LogP contribution in [0, 0.1) is 0 Å². The molecule has 4 aromatic heterocycles. The number of hydrogen-bond acceptors (Lipinski definition) is 3. The fourth-order valence-electron chi connectivity index (χ4n) is 15.9. The van der Waals surface area contributed by atoms with Crippen LogP contribution in [0.1, 0.15) is 49.9 Å². The molecule has 17 aromatic rings. The molecule has 19 rings (SSSR count). The summed E-state index contributed by atoms with van der Waals surface area (Å²) in [6, 6.07) is 107. The standard InChI is InChI=1S/C87H60N6/c1-86(2)73-27-15-11-23-63(73)65-41-39-61(51-75(65)86)92-78-30-18-14-26-68(78)70-48-57(34-44-80(70)92)59-36-46-82-72(50-59)71-49-58(35-45-81(71)93(82)62-40-42-66-64-24-12-16-28-74(64)87(3,4)76(66)52-62)56-33-43-79-69(47-56)67-25-13-17-29-77(67)91(79)60-37-31-55(32-38-60)85-89-83(53-19-7-5-8-20-53)88-84(90-85)54-21-9-6-10-22-54/h5-52H,1-4H3. The highest BCUT2D eigenvalue weighted by molar-refractivity contribution is 6.15. The molecule has 0 radical (unpaired) electrons. The molecule has 0 N–H and O–H groups in total. The number of para-hydroxylation sites is 2. The number of hydrogen-bond donors (Lipinski definition) is 0. The minimum Gasteiger partial charge on any atom is -0.309 e. The topological polar surface area (TPSA) is 53.5 Å². The minimum atomic E-state index is -0.146. The molecule has 0 saturated carbocycles. The van der Waals surface area contributed by atoms with Crippen molar-refractivity contribution >= 4 is 65.4 Å². The smallest absolute Gasteiger partial charge is 0.164 e. The fourth-order valence-corrected chi connectivity index (χ4v) is 15.9. The van der Waals surface area contributed by atoms with Gasteiger partial charge in [0.2, 0.25) is 0 Å². The Balaban J connectivity index is 0.737. The van der Waals surface area contributed by atoms with Crippen molar-refractivity contribution in [1.82, 2.24) is 28.7 Å². The van der Waals surface area contributed by atoms with Crippen LogP contribution in [0.3, 0.4) is 0 Å². The van der Waals surface area contributed by atoms with Crippen molar-refractivity contribution in [2.75, 3.05) is 0 Å². The third-order valence-electron chi connectivity index (χ3n) is 20.5. The molecule has 0 bridgehead atoms. The monoisotopic (exact) mass is 1190 g/mol. The normalized spacial score (nSPS) is 13.5. The summed E-state index contributed by atoms with van der Waals surface area (Å²) in [5.74, 6) is 1.91. The zero-order valence-corrected chi connectivity index (χ0v) is 51.9. The highest BCUT2D eigenvalue weighted by Gasteiger charge is 2.37. The summed E-state index contributed by atoms with van der Waals surface area (Å²) in [5, 5.41) is 7.29. The lowest BCUT2D eigenvalue weighted by Crippen LogP contribution is -2.15. The van der Waals surface area contributed by atoms with E-state index in [1.807, 2.05) is 60.7 Å². The Morgan fingerprint density at radius 1 is 0.215 bits per heavy atom. The zero-order chi connectivity index (χ0) is 61.8. The molecule has 0 spiro atoms. The predicted molar refractivity (Wildman–Crippen MR) is 385 cm³/mol. The van der Waals surface area contributed by atoms with Crippen LogP contribution in [-0.2, 0) is 10.8 Å². The van der Waals surface area contributed by atoms with E-state index in [0.29, 0.717) is 17.5 Å². The third kappa shape index (κ3) is 7.98. The molecule has 6 heteroatoms. The summed E-state index contributed by atoms with van der Waals surface area (Å²) in [5.41, 5.74) is 28.5. The first kappa shape index (κ1) is 53.1. The second kappa shape index (κ2) is 19.9. The molecule has 4 heterocycles. The highest BCUT2D eigenvalue weighted by Crippen LogP contribution is 2.52. The van der Waals surface area contributed by atoms with E-state index in [9.17, 15) is 0 Å². The van der Waals surface area contributed by atoms with E-state index in [-0.39, 0.29) is 10.8 Å². The maximum absolute atomic E-state index is 5.04. The summed E-state index contributed by atoms with van der Waals surface area (Å²) < 4.78 is 7.35. The number of fused-ring (bicyclic) bond motifs is 15. The number of nitrogens with zero attached hydrogens (tertiary/aromatic N) is 6. The van der Waals surface area contributed by atoms with Crippen LogP contribution in [0.15, 0.2) is 291 Å². The van der Waals surface area contributed by atoms with E-state index in [1.165, 1.54) is 116 Å². The molecule has 6 nitrogen and oxygen atoms in total. The summed E-state index contributed by atoms with van der Waals surface area (Å²) in [7, 11) is 0. The van der Waals surface area contributed by atoms with Crippen LogP contribution in [0.4, 0.5) is 0 Å². The maximum Gasteiger partial charge on any atom is 0.164 e. The number of aromatic nitrogens is 6. The Morgan fingerprint density at radius 2 is 0.505 bits per heavy atom. The van der Waals surface area contributed by atoms with Crippen LogP contribution in [0.2, 0.25) is 0 Å². The van der Waals surface area contributed by atoms with Crippen molar-refractivity contribution in [2.24, 2.45) is 0 Å². The SMILES string of the molecule is CC1(C)c2ccccc2-c2ccc(-n3c4ccccc4c4cc(-c5ccc6c(c5)c5cc(-c7ccc8c(c7)c7ccccc7n8-c7ccc(-c8nc(-c9ccccc9)nc(-c9ccccc9)n8)cc7)ccc5n6-c5ccc6c(c5)C(C)(C)c5ccccc5-6)ccc43)cc21. The quantitative estimate of drug-likeness (QED) is 0.152. The first-order valence-electron chi connectivity index (χ1n) is 32.2. The first-order chi connectivity index (χ1) is 45.6. The summed E-state index contributed by atoms with van der Waals surface area (Å²) >= 11 is 0. The molecule has 0 atom stereocenters. The van der Waals surface area contributed by atoms with Crippen molar-refractivity contribution in [2.45, 2.75) is 38.5 Å². The summed E-state index contributed by atoms with van der Waals surface area (Å²) in [4.78, 5) is 15.0. The van der Waals surface area contributed by atoms with Gasteiger partial charge in [-0.2, -0.15) is 0 Å². The van der Waals surface area contributed by atoms with Crippen molar-refractivity contribution in [1.29, 1.82) is 0 Å². The van der Waals surface area contributed by atoms with Crippen LogP contribution < -0.4 is 0 Å². The molecule has 93 heavy (non-hydrogen) atoms. The van der Waals surface area contributed by atoms with Crippen LogP contribution in [-0.4, -0.2) is 28.7 Å². The first-order valence-corrected chi connectivity index (χ1v) is 32.2. The minimum absolute atomic E-state index is 0.104. The Morgan fingerprint density at radius 3 is 0.914 bits per heavy atom. The van der Waals surface area contributed by atoms with Gasteiger partial charge in [-0.3, -0.25) is 0 Å². The molecule has 2 aliphatic rings. The lowest BCUT2D eigenvalue weighted by atomic mass is 9.82. The van der Waals surface area contributed by atoms with Gasteiger partial charge in [-0.05, 0) is 176 Å². The van der Waals surface area contributed by atoms with Gasteiger partial charge in [-0.15, -0.1) is 0 Å². The summed E-state index contributed by atoms with van der Waals surface area (Å²) in [6.07, 6.45) is 0. The average Bonchev–Trinajstić information content (AvgIpc) is 1.58. The van der Waals surface area contributed by atoms with Gasteiger partial charge in [0, 0.05) is 76.9 Å². The Kier molecular flexibility index (Phi) is 11.4. The Labute approximate surface area is 538 Å². The van der Waals surface area contributed by atoms with Crippen molar-refractivity contribution in [3.8, 4) is 95.7 Å². The van der Waals surface area contributed by atoms with Gasteiger partial charge in [0.15, 0.2) is 17.5 Å². The molecular formula is C87H60N6. The van der Waals surface area contributed by atoms with Gasteiger partial charge in [0.1, 0.15) is 0 Å². The van der Waals surface area contributed by atoms with E-state index in [2.05, 4.69) is 272 Å². The van der Waals surface area contributed by atoms with E-state index in [4.69, 9.17) is 15.0 Å². The van der Waals surface area contributed by atoms with Gasteiger partial charge in [-0.1, -0.05) is 210 Å². The Hall–Kier alpha value is -11.7. The third-order valence-corrected chi connectivity index (χ3v) is 20.5. The highest BCUT2D eigenvalue weighted by atomic mass is 15.0.